The SMILES string of the molecule is CCCCCC/C=C/[C@H]1[C@H](CCl)CC[C@@H]1C/C=C\CCC(O)(O)C(=O)O. The first-order chi connectivity index (χ1) is 12.4. The zero-order valence-corrected chi connectivity index (χ0v) is 16.7. The third-order valence-corrected chi connectivity index (χ3v) is 5.78. The molecule has 0 bridgehead atoms. The summed E-state index contributed by atoms with van der Waals surface area (Å²) in [5.41, 5.74) is 0. The first kappa shape index (κ1) is 23.2. The monoisotopic (exact) mass is 386 g/mol. The Labute approximate surface area is 163 Å². The number of halogens is 1. The molecule has 0 saturated heterocycles. The van der Waals surface area contributed by atoms with Crippen molar-refractivity contribution in [2.45, 2.75) is 76.9 Å². The molecule has 0 radical (unpaired) electrons. The van der Waals surface area contributed by atoms with Crippen molar-refractivity contribution in [3.05, 3.63) is 24.3 Å². The molecule has 0 aromatic heterocycles. The van der Waals surface area contributed by atoms with Crippen molar-refractivity contribution in [1.82, 2.24) is 0 Å². The summed E-state index contributed by atoms with van der Waals surface area (Å²) in [7, 11) is 0. The van der Waals surface area contributed by atoms with Gasteiger partial charge in [-0.3, -0.25) is 0 Å². The minimum absolute atomic E-state index is 0.200. The van der Waals surface area contributed by atoms with Crippen molar-refractivity contribution in [1.29, 1.82) is 0 Å². The molecule has 0 aromatic rings. The zero-order valence-electron chi connectivity index (χ0n) is 15.9. The molecule has 1 fully saturated rings. The molecule has 0 unspecified atom stereocenters. The number of rotatable bonds is 13. The van der Waals surface area contributed by atoms with E-state index in [9.17, 15) is 15.0 Å². The number of aliphatic carboxylic acids is 1. The zero-order chi connectivity index (χ0) is 19.4. The van der Waals surface area contributed by atoms with Crippen LogP contribution in [0, 0.1) is 17.8 Å². The molecule has 3 atom stereocenters. The summed E-state index contributed by atoms with van der Waals surface area (Å²) >= 11 is 6.15. The molecular weight excluding hydrogens is 352 g/mol. The van der Waals surface area contributed by atoms with E-state index in [-0.39, 0.29) is 6.42 Å². The molecule has 1 saturated carbocycles. The molecular formula is C21H35ClO4. The molecule has 5 heteroatoms. The topological polar surface area (TPSA) is 77.8 Å². The summed E-state index contributed by atoms with van der Waals surface area (Å²) in [5.74, 6) is -1.93. The largest absolute Gasteiger partial charge is 0.477 e. The minimum atomic E-state index is -2.63. The van der Waals surface area contributed by atoms with Crippen LogP contribution in [0.2, 0.25) is 0 Å². The summed E-state index contributed by atoms with van der Waals surface area (Å²) < 4.78 is 0. The standard InChI is InChI=1S/C21H35ClO4/c1-2-3-4-5-6-9-12-19-17(13-14-18(19)16-22)11-8-7-10-15-21(25,26)20(23)24/h7-9,12,17-19,25-26H,2-6,10-11,13-16H2,1H3,(H,23,24)/b8-7-,12-9+/t17-,18-,19+/m0/s1. The second-order valence-electron chi connectivity index (χ2n) is 7.47. The highest BCUT2D eigenvalue weighted by atomic mass is 35.5. The van der Waals surface area contributed by atoms with Gasteiger partial charge in [-0.15, -0.1) is 11.6 Å². The number of alkyl halides is 1. The lowest BCUT2D eigenvalue weighted by Gasteiger charge is -2.19. The third-order valence-electron chi connectivity index (χ3n) is 5.39. The van der Waals surface area contributed by atoms with E-state index in [2.05, 4.69) is 19.1 Å². The number of hydrogen-bond donors (Lipinski definition) is 3. The van der Waals surface area contributed by atoms with Gasteiger partial charge in [-0.05, 0) is 56.3 Å². The van der Waals surface area contributed by atoms with Gasteiger partial charge >= 0.3 is 5.97 Å². The third kappa shape index (κ3) is 8.24. The molecule has 0 heterocycles. The number of aliphatic hydroxyl groups is 2. The average molecular weight is 387 g/mol. The summed E-state index contributed by atoms with van der Waals surface area (Å²) in [6, 6.07) is 0. The Morgan fingerprint density at radius 1 is 1.08 bits per heavy atom. The molecule has 1 aliphatic rings. The molecule has 0 spiro atoms. The fourth-order valence-electron chi connectivity index (χ4n) is 3.69. The molecule has 4 nitrogen and oxygen atoms in total. The molecule has 0 amide bonds. The van der Waals surface area contributed by atoms with Gasteiger partial charge in [0.15, 0.2) is 0 Å². The maximum absolute atomic E-state index is 10.6. The van der Waals surface area contributed by atoms with Crippen molar-refractivity contribution in [3.8, 4) is 0 Å². The van der Waals surface area contributed by atoms with E-state index in [1.807, 2.05) is 12.2 Å². The van der Waals surface area contributed by atoms with Crippen LogP contribution in [-0.4, -0.2) is 33.0 Å². The fraction of sp³-hybridized carbons (Fsp3) is 0.762. The van der Waals surface area contributed by atoms with E-state index < -0.39 is 11.8 Å². The molecule has 0 aromatic carbocycles. The first-order valence-electron chi connectivity index (χ1n) is 9.98. The number of carboxylic acid groups (broad SMARTS) is 1. The van der Waals surface area contributed by atoms with Crippen molar-refractivity contribution in [2.24, 2.45) is 17.8 Å². The highest BCUT2D eigenvalue weighted by Gasteiger charge is 2.33. The van der Waals surface area contributed by atoms with Gasteiger partial charge in [0.1, 0.15) is 0 Å². The second kappa shape index (κ2) is 12.5. The van der Waals surface area contributed by atoms with Gasteiger partial charge < -0.3 is 15.3 Å². The highest BCUT2D eigenvalue weighted by Crippen LogP contribution is 2.41. The van der Waals surface area contributed by atoms with E-state index >= 15 is 0 Å². The Balaban J connectivity index is 2.42. The average Bonchev–Trinajstić information content (AvgIpc) is 2.99. The summed E-state index contributed by atoms with van der Waals surface area (Å²) in [6.45, 7) is 2.22. The van der Waals surface area contributed by atoms with Crippen LogP contribution in [0.3, 0.4) is 0 Å². The van der Waals surface area contributed by atoms with E-state index in [0.29, 0.717) is 30.1 Å². The lowest BCUT2D eigenvalue weighted by atomic mass is 9.87. The molecule has 150 valence electrons. The van der Waals surface area contributed by atoms with Crippen LogP contribution in [0.15, 0.2) is 24.3 Å². The molecule has 0 aliphatic heterocycles. The van der Waals surface area contributed by atoms with Gasteiger partial charge in [0.2, 0.25) is 0 Å². The fourth-order valence-corrected chi connectivity index (χ4v) is 4.05. The quantitative estimate of drug-likeness (QED) is 0.182. The van der Waals surface area contributed by atoms with Crippen LogP contribution >= 0.6 is 11.6 Å². The van der Waals surface area contributed by atoms with Crippen molar-refractivity contribution < 1.29 is 20.1 Å². The molecule has 3 N–H and O–H groups in total. The predicted molar refractivity (Wildman–Crippen MR) is 106 cm³/mol. The van der Waals surface area contributed by atoms with E-state index in [1.165, 1.54) is 25.7 Å². The van der Waals surface area contributed by atoms with E-state index in [0.717, 1.165) is 25.7 Å². The number of unbranched alkanes of at least 4 members (excludes halogenated alkanes) is 4. The normalized spacial score (nSPS) is 24.1. The lowest BCUT2D eigenvalue weighted by Crippen LogP contribution is -2.37. The molecule has 1 aliphatic carbocycles. The Kier molecular flexibility index (Phi) is 11.2. The Hall–Kier alpha value is -0.840. The van der Waals surface area contributed by atoms with Crippen molar-refractivity contribution in [3.63, 3.8) is 0 Å². The Morgan fingerprint density at radius 2 is 1.81 bits per heavy atom. The summed E-state index contributed by atoms with van der Waals surface area (Å²) in [4.78, 5) is 10.6. The minimum Gasteiger partial charge on any atom is -0.477 e. The van der Waals surface area contributed by atoms with E-state index in [1.54, 1.807) is 0 Å². The van der Waals surface area contributed by atoms with Crippen LogP contribution in [-0.2, 0) is 4.79 Å². The Bertz CT molecular complexity index is 459. The number of allylic oxidation sites excluding steroid dienone is 4. The molecule has 1 rings (SSSR count). The van der Waals surface area contributed by atoms with Gasteiger partial charge in [0.25, 0.3) is 5.79 Å². The van der Waals surface area contributed by atoms with Crippen molar-refractivity contribution in [2.75, 3.05) is 5.88 Å². The number of carbonyl (C=O) groups is 1. The second-order valence-corrected chi connectivity index (χ2v) is 7.78. The van der Waals surface area contributed by atoms with E-state index in [4.69, 9.17) is 16.7 Å². The summed E-state index contributed by atoms with van der Waals surface area (Å²) in [5, 5.41) is 27.2. The van der Waals surface area contributed by atoms with Gasteiger partial charge in [0.05, 0.1) is 0 Å². The van der Waals surface area contributed by atoms with Gasteiger partial charge in [-0.25, -0.2) is 4.79 Å². The van der Waals surface area contributed by atoms with Gasteiger partial charge in [-0.1, -0.05) is 50.5 Å². The van der Waals surface area contributed by atoms with Crippen LogP contribution in [0.4, 0.5) is 0 Å². The number of hydrogen-bond acceptors (Lipinski definition) is 3. The maximum atomic E-state index is 10.6. The van der Waals surface area contributed by atoms with Crippen LogP contribution in [0.1, 0.15) is 71.1 Å². The van der Waals surface area contributed by atoms with Gasteiger partial charge in [0, 0.05) is 12.3 Å². The summed E-state index contributed by atoms with van der Waals surface area (Å²) in [6.07, 6.45) is 18.2. The smallest absolute Gasteiger partial charge is 0.364 e. The predicted octanol–water partition coefficient (Wildman–Crippen LogP) is 4.89. The highest BCUT2D eigenvalue weighted by molar-refractivity contribution is 6.18. The lowest BCUT2D eigenvalue weighted by molar-refractivity contribution is -0.205. The van der Waals surface area contributed by atoms with Crippen LogP contribution < -0.4 is 0 Å². The van der Waals surface area contributed by atoms with Crippen LogP contribution in [0.25, 0.3) is 0 Å². The van der Waals surface area contributed by atoms with Crippen LogP contribution in [0.5, 0.6) is 0 Å². The maximum Gasteiger partial charge on any atom is 0.364 e. The Morgan fingerprint density at radius 3 is 2.46 bits per heavy atom. The number of carboxylic acids is 1. The first-order valence-corrected chi connectivity index (χ1v) is 10.5. The van der Waals surface area contributed by atoms with Crippen molar-refractivity contribution >= 4 is 17.6 Å². The van der Waals surface area contributed by atoms with Gasteiger partial charge in [-0.2, -0.15) is 0 Å². The molecule has 26 heavy (non-hydrogen) atoms.